The summed E-state index contributed by atoms with van der Waals surface area (Å²) in [5.74, 6) is -2.19. The van der Waals surface area contributed by atoms with Gasteiger partial charge in [0, 0.05) is 48.9 Å². The molecule has 196 valence electrons. The van der Waals surface area contributed by atoms with Gasteiger partial charge in [-0.1, -0.05) is 0 Å². The van der Waals surface area contributed by atoms with E-state index in [1.807, 2.05) is 13.0 Å². The topological polar surface area (TPSA) is 79.4 Å². The molecule has 2 aromatic heterocycles. The molecule has 1 aliphatic heterocycles. The number of fused-ring (bicyclic) bond motifs is 1. The van der Waals surface area contributed by atoms with Gasteiger partial charge in [-0.15, -0.1) is 0 Å². The van der Waals surface area contributed by atoms with E-state index in [2.05, 4.69) is 22.5 Å². The minimum absolute atomic E-state index is 0.203. The second-order valence-electron chi connectivity index (χ2n) is 10.2. The van der Waals surface area contributed by atoms with Gasteiger partial charge in [0.05, 0.1) is 35.6 Å². The lowest BCUT2D eigenvalue weighted by Gasteiger charge is -2.27. The highest BCUT2D eigenvalue weighted by molar-refractivity contribution is 6.08. The molecular weight excluding hydrogens is 476 g/mol. The zero-order chi connectivity index (χ0) is 26.3. The minimum atomic E-state index is -1.05. The molecule has 1 saturated carbocycles. The van der Waals surface area contributed by atoms with E-state index in [0.717, 1.165) is 72.9 Å². The van der Waals surface area contributed by atoms with E-state index >= 15 is 0 Å². The maximum Gasteiger partial charge on any atom is 0.255 e. The molecule has 2 aliphatic rings. The molecule has 1 saturated heterocycles. The fraction of sp³-hybridized carbons (Fsp3) is 0.464. The van der Waals surface area contributed by atoms with Gasteiger partial charge in [-0.25, -0.2) is 4.39 Å². The Labute approximate surface area is 215 Å². The molecule has 1 aliphatic carbocycles. The molecule has 3 heterocycles. The van der Waals surface area contributed by atoms with Crippen LogP contribution in [0.5, 0.6) is 5.75 Å². The first kappa shape index (κ1) is 25.3. The summed E-state index contributed by atoms with van der Waals surface area (Å²) < 4.78 is 33.1. The molecule has 7 nitrogen and oxygen atoms in total. The molecule has 0 bridgehead atoms. The number of rotatable bonds is 6. The van der Waals surface area contributed by atoms with Gasteiger partial charge in [0.2, 0.25) is 5.82 Å². The van der Waals surface area contributed by atoms with Crippen molar-refractivity contribution in [1.29, 1.82) is 0 Å². The number of anilines is 1. The van der Waals surface area contributed by atoms with Crippen LogP contribution in [0.4, 0.5) is 14.5 Å². The molecule has 3 aromatic rings. The quantitative estimate of drug-likeness (QED) is 0.498. The van der Waals surface area contributed by atoms with Gasteiger partial charge in [-0.2, -0.15) is 4.39 Å². The Balaban J connectivity index is 1.56. The number of aromatic nitrogens is 2. The first-order valence-electron chi connectivity index (χ1n) is 12.9. The third kappa shape index (κ3) is 5.09. The monoisotopic (exact) mass is 509 g/mol. The van der Waals surface area contributed by atoms with Gasteiger partial charge in [0.25, 0.3) is 5.91 Å². The molecule has 5 rings (SSSR count). The molecule has 0 spiro atoms. The molecule has 0 radical (unpaired) electrons. The maximum atomic E-state index is 14.1. The van der Waals surface area contributed by atoms with E-state index in [1.54, 1.807) is 13.1 Å². The van der Waals surface area contributed by atoms with Crippen molar-refractivity contribution in [2.24, 2.45) is 0 Å². The fourth-order valence-electron chi connectivity index (χ4n) is 5.06. The van der Waals surface area contributed by atoms with E-state index in [9.17, 15) is 13.6 Å². The zero-order valence-electron chi connectivity index (χ0n) is 21.7. The van der Waals surface area contributed by atoms with Crippen LogP contribution in [-0.4, -0.2) is 48.7 Å². The van der Waals surface area contributed by atoms with Crippen molar-refractivity contribution >= 4 is 22.5 Å². The number of hydrogen-bond acceptors (Lipinski definition) is 6. The van der Waals surface area contributed by atoms with Gasteiger partial charge >= 0.3 is 0 Å². The van der Waals surface area contributed by atoms with Crippen LogP contribution in [0.25, 0.3) is 10.9 Å². The van der Waals surface area contributed by atoms with Crippen LogP contribution in [0.2, 0.25) is 0 Å². The smallest absolute Gasteiger partial charge is 0.255 e. The molecule has 2 atom stereocenters. The Kier molecular flexibility index (Phi) is 6.98. The predicted molar refractivity (Wildman–Crippen MR) is 139 cm³/mol. The van der Waals surface area contributed by atoms with Crippen LogP contribution in [-0.2, 0) is 0 Å². The van der Waals surface area contributed by atoms with Crippen molar-refractivity contribution in [1.82, 2.24) is 20.6 Å². The molecule has 37 heavy (non-hydrogen) atoms. The molecule has 1 aromatic carbocycles. The van der Waals surface area contributed by atoms with Gasteiger partial charge in [-0.3, -0.25) is 14.8 Å². The Hall–Kier alpha value is -3.33. The van der Waals surface area contributed by atoms with E-state index in [0.29, 0.717) is 23.1 Å². The summed E-state index contributed by atoms with van der Waals surface area (Å²) in [5, 5.41) is 7.41. The lowest BCUT2D eigenvalue weighted by Crippen LogP contribution is -2.33. The molecule has 2 N–H and O–H groups in total. The summed E-state index contributed by atoms with van der Waals surface area (Å²) in [4.78, 5) is 25.5. The average Bonchev–Trinajstić information content (AvgIpc) is 3.73. The van der Waals surface area contributed by atoms with Crippen LogP contribution < -0.4 is 20.3 Å². The number of nitrogens with one attached hydrogen (secondary N) is 2. The Morgan fingerprint density at radius 2 is 2.00 bits per heavy atom. The number of aryl methyl sites for hydroxylation is 1. The maximum absolute atomic E-state index is 14.1. The summed E-state index contributed by atoms with van der Waals surface area (Å²) >= 11 is 0. The minimum Gasteiger partial charge on any atom is -0.494 e. The predicted octanol–water partition coefficient (Wildman–Crippen LogP) is 4.78. The van der Waals surface area contributed by atoms with Crippen LogP contribution >= 0.6 is 0 Å². The number of benzene rings is 1. The standard InChI is InChI=1S/C28H33F2N5O2/c1-15-7-9-35(10-8-31-15)27-20-11-16(2)33-25(18-5-6-18)26(20)32-14-21(27)28(36)34-17(3)19-12-22(29)24(30)23(13-19)37-4/h11-15,17-18,31H,5-10H2,1-4H3,(H,34,36)/t15-,17-/m0/s1. The van der Waals surface area contributed by atoms with Crippen molar-refractivity contribution in [2.75, 3.05) is 31.6 Å². The lowest BCUT2D eigenvalue weighted by atomic mass is 10.0. The summed E-state index contributed by atoms with van der Waals surface area (Å²) in [6.45, 7) is 8.22. The Morgan fingerprint density at radius 1 is 1.22 bits per heavy atom. The molecule has 2 fully saturated rings. The van der Waals surface area contributed by atoms with E-state index in [-0.39, 0.29) is 11.7 Å². The lowest BCUT2D eigenvalue weighted by molar-refractivity contribution is 0.0940. The zero-order valence-corrected chi connectivity index (χ0v) is 21.7. The van der Waals surface area contributed by atoms with E-state index in [1.165, 1.54) is 13.2 Å². The Morgan fingerprint density at radius 3 is 2.73 bits per heavy atom. The van der Waals surface area contributed by atoms with Gasteiger partial charge < -0.3 is 20.3 Å². The number of nitrogens with zero attached hydrogens (tertiary/aromatic N) is 3. The van der Waals surface area contributed by atoms with Crippen molar-refractivity contribution in [3.63, 3.8) is 0 Å². The van der Waals surface area contributed by atoms with Gasteiger partial charge in [0.15, 0.2) is 11.6 Å². The highest BCUT2D eigenvalue weighted by atomic mass is 19.2. The normalized spacial score (nSPS) is 19.0. The second-order valence-corrected chi connectivity index (χ2v) is 10.2. The third-order valence-electron chi connectivity index (χ3n) is 7.30. The first-order chi connectivity index (χ1) is 17.8. The number of carbonyl (C=O) groups is 1. The third-order valence-corrected chi connectivity index (χ3v) is 7.30. The number of carbonyl (C=O) groups excluding carboxylic acids is 1. The van der Waals surface area contributed by atoms with Crippen molar-refractivity contribution < 1.29 is 18.3 Å². The van der Waals surface area contributed by atoms with Crippen LogP contribution in [0.1, 0.15) is 72.4 Å². The summed E-state index contributed by atoms with van der Waals surface area (Å²) in [6, 6.07) is 4.30. The van der Waals surface area contributed by atoms with Crippen LogP contribution in [0.15, 0.2) is 24.4 Å². The van der Waals surface area contributed by atoms with Crippen LogP contribution in [0, 0.1) is 18.6 Å². The van der Waals surface area contributed by atoms with Crippen molar-refractivity contribution in [3.8, 4) is 5.75 Å². The average molecular weight is 510 g/mol. The molecule has 9 heteroatoms. The number of hydrogen-bond donors (Lipinski definition) is 2. The number of pyridine rings is 2. The fourth-order valence-corrected chi connectivity index (χ4v) is 5.06. The molecule has 0 unspecified atom stereocenters. The first-order valence-corrected chi connectivity index (χ1v) is 12.9. The molecule has 1 amide bonds. The van der Waals surface area contributed by atoms with Crippen molar-refractivity contribution in [2.45, 2.75) is 58.0 Å². The number of halogens is 2. The van der Waals surface area contributed by atoms with Gasteiger partial charge in [-0.05, 0) is 63.8 Å². The van der Waals surface area contributed by atoms with Crippen molar-refractivity contribution in [3.05, 3.63) is 58.5 Å². The highest BCUT2D eigenvalue weighted by Gasteiger charge is 2.31. The molecular formula is C28H33F2N5O2. The van der Waals surface area contributed by atoms with E-state index < -0.39 is 17.7 Å². The number of amides is 1. The number of ether oxygens (including phenoxy) is 1. The Bertz CT molecular complexity index is 1340. The summed E-state index contributed by atoms with van der Waals surface area (Å²) in [5.41, 5.74) is 4.47. The van der Waals surface area contributed by atoms with E-state index in [4.69, 9.17) is 14.7 Å². The summed E-state index contributed by atoms with van der Waals surface area (Å²) in [6.07, 6.45) is 4.78. The number of methoxy groups -OCH3 is 1. The SMILES string of the molecule is COc1cc([C@H](C)NC(=O)c2cnc3c(C4CC4)nc(C)cc3c2N2CCN[C@@H](C)CC2)cc(F)c1F. The largest absolute Gasteiger partial charge is 0.494 e. The van der Waals surface area contributed by atoms with Crippen LogP contribution in [0.3, 0.4) is 0 Å². The highest BCUT2D eigenvalue weighted by Crippen LogP contribution is 2.43. The summed E-state index contributed by atoms with van der Waals surface area (Å²) in [7, 11) is 1.28. The van der Waals surface area contributed by atoms with Gasteiger partial charge in [0.1, 0.15) is 0 Å². The second kappa shape index (κ2) is 10.2.